The molecule has 0 saturated carbocycles. The molecule has 3 aromatic rings. The summed E-state index contributed by atoms with van der Waals surface area (Å²) in [7, 11) is -4.27. The monoisotopic (exact) mass is 643 g/mol. The number of nitrogens with one attached hydrogen (secondary N) is 1. The average Bonchev–Trinajstić information content (AvgIpc) is 2.94. The first-order chi connectivity index (χ1) is 19.0. The molecule has 0 radical (unpaired) electrons. The van der Waals surface area contributed by atoms with Crippen molar-refractivity contribution in [1.29, 1.82) is 0 Å². The van der Waals surface area contributed by atoms with Gasteiger partial charge in [0.15, 0.2) is 0 Å². The summed E-state index contributed by atoms with van der Waals surface area (Å²) in [6.45, 7) is 3.35. The third-order valence-corrected chi connectivity index (χ3v) is 9.47. The van der Waals surface area contributed by atoms with E-state index < -0.39 is 28.5 Å². The van der Waals surface area contributed by atoms with Gasteiger partial charge < -0.3 is 10.2 Å². The first-order valence-corrected chi connectivity index (χ1v) is 15.5. The summed E-state index contributed by atoms with van der Waals surface area (Å²) in [5.74, 6) is -1.01. The Hall–Kier alpha value is -2.49. The third-order valence-electron chi connectivity index (χ3n) is 6.14. The Morgan fingerprint density at radius 1 is 0.900 bits per heavy atom. The van der Waals surface area contributed by atoms with Gasteiger partial charge in [0, 0.05) is 13.1 Å². The number of carbonyl (C=O) groups is 2. The number of unbranched alkanes of at least 4 members (excludes halogenated alkanes) is 1. The Bertz CT molecular complexity index is 1460. The molecule has 0 bridgehead atoms. The van der Waals surface area contributed by atoms with E-state index >= 15 is 0 Å². The molecule has 7 nitrogen and oxygen atoms in total. The van der Waals surface area contributed by atoms with Crippen LogP contribution >= 0.6 is 46.4 Å². The van der Waals surface area contributed by atoms with Crippen LogP contribution in [0.3, 0.4) is 0 Å². The van der Waals surface area contributed by atoms with Gasteiger partial charge in [0.05, 0.1) is 30.7 Å². The molecule has 0 aromatic heterocycles. The molecule has 3 rings (SSSR count). The number of rotatable bonds is 12. The van der Waals surface area contributed by atoms with E-state index in [9.17, 15) is 18.0 Å². The van der Waals surface area contributed by atoms with Gasteiger partial charge in [-0.3, -0.25) is 13.9 Å². The van der Waals surface area contributed by atoms with E-state index in [-0.39, 0.29) is 38.1 Å². The Kier molecular flexibility index (Phi) is 11.5. The molecule has 0 unspecified atom stereocenters. The molecule has 12 heteroatoms. The second-order valence-electron chi connectivity index (χ2n) is 8.99. The lowest BCUT2D eigenvalue weighted by molar-refractivity contribution is -0.139. The van der Waals surface area contributed by atoms with Crippen molar-refractivity contribution in [2.45, 2.75) is 44.2 Å². The van der Waals surface area contributed by atoms with Gasteiger partial charge in [-0.15, -0.1) is 0 Å². The van der Waals surface area contributed by atoms with Crippen molar-refractivity contribution in [1.82, 2.24) is 10.2 Å². The number of benzene rings is 3. The SMILES string of the molecule is CCCCNC(=O)[C@@H](C)N(Cc1ccc(Cl)c(Cl)c1)C(=O)CN(c1cccc(Cl)c1Cl)S(=O)(=O)c1ccccc1. The van der Waals surface area contributed by atoms with E-state index in [2.05, 4.69) is 5.32 Å². The summed E-state index contributed by atoms with van der Waals surface area (Å²) in [4.78, 5) is 28.2. The van der Waals surface area contributed by atoms with Crippen LogP contribution in [-0.4, -0.2) is 44.3 Å². The predicted octanol–water partition coefficient (Wildman–Crippen LogP) is 6.83. The first-order valence-electron chi connectivity index (χ1n) is 12.5. The number of amides is 2. The molecule has 0 saturated heterocycles. The number of nitrogens with zero attached hydrogens (tertiary/aromatic N) is 2. The molecule has 0 fully saturated rings. The molecule has 0 aliphatic carbocycles. The van der Waals surface area contributed by atoms with Crippen LogP contribution in [-0.2, 0) is 26.2 Å². The fraction of sp³-hybridized carbons (Fsp3) is 0.286. The van der Waals surface area contributed by atoms with Gasteiger partial charge in [0.1, 0.15) is 12.6 Å². The van der Waals surface area contributed by atoms with E-state index in [1.54, 1.807) is 49.4 Å². The van der Waals surface area contributed by atoms with Crippen LogP contribution in [0.1, 0.15) is 32.3 Å². The predicted molar refractivity (Wildman–Crippen MR) is 162 cm³/mol. The van der Waals surface area contributed by atoms with E-state index in [1.807, 2.05) is 6.92 Å². The van der Waals surface area contributed by atoms with Crippen LogP contribution in [0, 0.1) is 0 Å². The number of sulfonamides is 1. The van der Waals surface area contributed by atoms with Gasteiger partial charge in [-0.2, -0.15) is 0 Å². The minimum absolute atomic E-state index is 0.0272. The van der Waals surface area contributed by atoms with Crippen molar-refractivity contribution in [2.24, 2.45) is 0 Å². The van der Waals surface area contributed by atoms with Gasteiger partial charge in [0.2, 0.25) is 11.8 Å². The summed E-state index contributed by atoms with van der Waals surface area (Å²) in [5.41, 5.74) is 0.634. The molecule has 2 amide bonds. The van der Waals surface area contributed by atoms with Crippen LogP contribution in [0.25, 0.3) is 0 Å². The van der Waals surface area contributed by atoms with Crippen molar-refractivity contribution in [3.8, 4) is 0 Å². The van der Waals surface area contributed by atoms with Crippen molar-refractivity contribution in [3.05, 3.63) is 92.4 Å². The highest BCUT2D eigenvalue weighted by Crippen LogP contribution is 2.35. The highest BCUT2D eigenvalue weighted by atomic mass is 35.5. The summed E-state index contributed by atoms with van der Waals surface area (Å²) >= 11 is 24.9. The number of anilines is 1. The zero-order valence-corrected chi connectivity index (χ0v) is 25.8. The number of halogens is 4. The number of carbonyl (C=O) groups excluding carboxylic acids is 2. The molecule has 3 aromatic carbocycles. The summed E-state index contributed by atoms with van der Waals surface area (Å²) in [5, 5.41) is 3.54. The summed E-state index contributed by atoms with van der Waals surface area (Å²) in [6.07, 6.45) is 1.66. The summed E-state index contributed by atoms with van der Waals surface area (Å²) in [6, 6.07) is 16.1. The zero-order valence-electron chi connectivity index (χ0n) is 21.9. The Labute approximate surface area is 255 Å². The lowest BCUT2D eigenvalue weighted by atomic mass is 10.1. The van der Waals surface area contributed by atoms with Crippen LogP contribution < -0.4 is 9.62 Å². The minimum atomic E-state index is -4.27. The van der Waals surface area contributed by atoms with Crippen LogP contribution in [0.15, 0.2) is 71.6 Å². The van der Waals surface area contributed by atoms with Crippen LogP contribution in [0.4, 0.5) is 5.69 Å². The molecule has 0 heterocycles. The second-order valence-corrected chi connectivity index (χ2v) is 12.5. The Morgan fingerprint density at radius 2 is 1.60 bits per heavy atom. The van der Waals surface area contributed by atoms with Gasteiger partial charge in [-0.1, -0.05) is 90.1 Å². The standard InChI is InChI=1S/C28H29Cl4N3O4S/c1-3-4-15-33-28(37)19(2)34(17-20-13-14-22(29)24(31)16-20)26(36)18-35(25-12-8-11-23(30)27(25)32)40(38,39)21-9-6-5-7-10-21/h5-14,16,19H,3-4,15,17-18H2,1-2H3,(H,33,37)/t19-/m1/s1. The first kappa shape index (κ1) is 32.0. The maximum absolute atomic E-state index is 13.9. The zero-order chi connectivity index (χ0) is 29.4. The lowest BCUT2D eigenvalue weighted by Crippen LogP contribution is -2.51. The third kappa shape index (κ3) is 7.83. The normalized spacial score (nSPS) is 12.1. The molecule has 0 aliphatic rings. The fourth-order valence-corrected chi connectivity index (χ4v) is 6.09. The maximum atomic E-state index is 13.9. The molecule has 40 heavy (non-hydrogen) atoms. The van der Waals surface area contributed by atoms with Gasteiger partial charge in [0.25, 0.3) is 10.0 Å². The highest BCUT2D eigenvalue weighted by Gasteiger charge is 2.33. The summed E-state index contributed by atoms with van der Waals surface area (Å²) < 4.78 is 28.5. The van der Waals surface area contributed by atoms with Gasteiger partial charge >= 0.3 is 0 Å². The molecule has 214 valence electrons. The van der Waals surface area contributed by atoms with Crippen molar-refractivity contribution in [2.75, 3.05) is 17.4 Å². The minimum Gasteiger partial charge on any atom is -0.354 e. The topological polar surface area (TPSA) is 86.8 Å². The second kappa shape index (κ2) is 14.4. The Morgan fingerprint density at radius 3 is 2.25 bits per heavy atom. The maximum Gasteiger partial charge on any atom is 0.264 e. The molecule has 0 aliphatic heterocycles. The van der Waals surface area contributed by atoms with Crippen LogP contribution in [0.2, 0.25) is 20.1 Å². The average molecular weight is 645 g/mol. The lowest BCUT2D eigenvalue weighted by Gasteiger charge is -2.32. The van der Waals surface area contributed by atoms with E-state index in [4.69, 9.17) is 46.4 Å². The molecular formula is C28H29Cl4N3O4S. The molecular weight excluding hydrogens is 616 g/mol. The smallest absolute Gasteiger partial charge is 0.264 e. The molecule has 0 spiro atoms. The number of hydrogen-bond donors (Lipinski definition) is 1. The molecule has 1 N–H and O–H groups in total. The Balaban J connectivity index is 2.04. The van der Waals surface area contributed by atoms with Crippen molar-refractivity contribution < 1.29 is 18.0 Å². The van der Waals surface area contributed by atoms with Crippen molar-refractivity contribution in [3.63, 3.8) is 0 Å². The van der Waals surface area contributed by atoms with E-state index in [0.717, 1.165) is 17.1 Å². The van der Waals surface area contributed by atoms with Crippen LogP contribution in [0.5, 0.6) is 0 Å². The van der Waals surface area contributed by atoms with E-state index in [0.29, 0.717) is 17.1 Å². The van der Waals surface area contributed by atoms with Gasteiger partial charge in [-0.25, -0.2) is 8.42 Å². The quantitative estimate of drug-likeness (QED) is 0.219. The largest absolute Gasteiger partial charge is 0.354 e. The van der Waals surface area contributed by atoms with E-state index in [1.165, 1.54) is 29.2 Å². The highest BCUT2D eigenvalue weighted by molar-refractivity contribution is 7.92. The molecule has 1 atom stereocenters. The van der Waals surface area contributed by atoms with Gasteiger partial charge in [-0.05, 0) is 55.3 Å². The number of hydrogen-bond acceptors (Lipinski definition) is 4. The van der Waals surface area contributed by atoms with Crippen molar-refractivity contribution >= 4 is 73.9 Å². The fourth-order valence-electron chi connectivity index (χ4n) is 3.87.